The Kier molecular flexibility index (Phi) is 3.36. The Morgan fingerprint density at radius 1 is 1.82 bits per heavy atom. The van der Waals surface area contributed by atoms with E-state index < -0.39 is 0 Å². The van der Waals surface area contributed by atoms with Crippen molar-refractivity contribution < 1.29 is 0 Å². The third-order valence-corrected chi connectivity index (χ3v) is 2.81. The van der Waals surface area contributed by atoms with Crippen LogP contribution in [0.5, 0.6) is 0 Å². The van der Waals surface area contributed by atoms with Gasteiger partial charge in [0.1, 0.15) is 0 Å². The fourth-order valence-electron chi connectivity index (χ4n) is 0.667. The van der Waals surface area contributed by atoms with E-state index in [0.29, 0.717) is 0 Å². The Hall–Kier alpha value is -0.0600. The molecule has 0 aromatic carbocycles. The van der Waals surface area contributed by atoms with Crippen LogP contribution >= 0.6 is 27.3 Å². The molecule has 0 bridgehead atoms. The second kappa shape index (κ2) is 4.09. The van der Waals surface area contributed by atoms with Crippen molar-refractivity contribution in [2.45, 2.75) is 13.0 Å². The number of nitrogens with one attached hydrogen (secondary N) is 1. The largest absolute Gasteiger partial charge is 0.375 e. The molecule has 2 nitrogen and oxygen atoms in total. The normalized spacial score (nSPS) is 13.0. The Labute approximate surface area is 78.9 Å². The van der Waals surface area contributed by atoms with E-state index in [1.165, 1.54) is 0 Å². The van der Waals surface area contributed by atoms with E-state index in [2.05, 4.69) is 21.2 Å². The molecule has 0 aliphatic rings. The Morgan fingerprint density at radius 3 is 3.00 bits per heavy atom. The van der Waals surface area contributed by atoms with Crippen LogP contribution in [0.15, 0.2) is 15.9 Å². The van der Waals surface area contributed by atoms with Gasteiger partial charge in [0.2, 0.25) is 0 Å². The minimum atomic E-state index is 0.205. The first-order chi connectivity index (χ1) is 5.18. The highest BCUT2D eigenvalue weighted by molar-refractivity contribution is 9.10. The van der Waals surface area contributed by atoms with E-state index in [0.717, 1.165) is 16.0 Å². The molecule has 0 amide bonds. The summed E-state index contributed by atoms with van der Waals surface area (Å²) < 4.78 is 1.12. The van der Waals surface area contributed by atoms with E-state index in [1.54, 1.807) is 11.3 Å². The SMILES string of the molecule is CC(N)CNc1cc(Br)cs1. The van der Waals surface area contributed by atoms with Crippen LogP contribution in [0.3, 0.4) is 0 Å². The van der Waals surface area contributed by atoms with E-state index in [-0.39, 0.29) is 6.04 Å². The van der Waals surface area contributed by atoms with Gasteiger partial charge in [-0.2, -0.15) is 0 Å². The van der Waals surface area contributed by atoms with Crippen molar-refractivity contribution in [2.75, 3.05) is 11.9 Å². The molecule has 1 atom stereocenters. The molecule has 3 N–H and O–H groups in total. The molecule has 0 spiro atoms. The van der Waals surface area contributed by atoms with E-state index in [1.807, 2.05) is 18.4 Å². The van der Waals surface area contributed by atoms with Crippen molar-refractivity contribution >= 4 is 32.3 Å². The second-order valence-electron chi connectivity index (χ2n) is 2.49. The first kappa shape index (κ1) is 9.03. The Morgan fingerprint density at radius 2 is 2.55 bits per heavy atom. The molecule has 1 rings (SSSR count). The van der Waals surface area contributed by atoms with Gasteiger partial charge < -0.3 is 11.1 Å². The van der Waals surface area contributed by atoms with Crippen molar-refractivity contribution in [2.24, 2.45) is 5.73 Å². The van der Waals surface area contributed by atoms with Gasteiger partial charge >= 0.3 is 0 Å². The van der Waals surface area contributed by atoms with Gasteiger partial charge in [-0.1, -0.05) is 0 Å². The van der Waals surface area contributed by atoms with Crippen LogP contribution in [0, 0.1) is 0 Å². The number of hydrogen-bond donors (Lipinski definition) is 2. The summed E-state index contributed by atoms with van der Waals surface area (Å²) in [7, 11) is 0. The monoisotopic (exact) mass is 234 g/mol. The highest BCUT2D eigenvalue weighted by Gasteiger charge is 1.97. The number of halogens is 1. The van der Waals surface area contributed by atoms with Crippen molar-refractivity contribution in [3.63, 3.8) is 0 Å². The van der Waals surface area contributed by atoms with Gasteiger partial charge in [-0.05, 0) is 28.9 Å². The summed E-state index contributed by atoms with van der Waals surface area (Å²) in [5, 5.41) is 6.43. The number of thiophene rings is 1. The van der Waals surface area contributed by atoms with Gasteiger partial charge in [0.15, 0.2) is 0 Å². The molecule has 0 saturated carbocycles. The Bertz CT molecular complexity index is 222. The molecular weight excluding hydrogens is 224 g/mol. The summed E-state index contributed by atoms with van der Waals surface area (Å²) in [4.78, 5) is 0. The molecule has 1 heterocycles. The molecule has 0 aliphatic heterocycles. The maximum atomic E-state index is 5.58. The van der Waals surface area contributed by atoms with Gasteiger partial charge in [0.25, 0.3) is 0 Å². The van der Waals surface area contributed by atoms with Crippen LogP contribution in [0.2, 0.25) is 0 Å². The summed E-state index contributed by atoms with van der Waals surface area (Å²) >= 11 is 5.06. The predicted octanol–water partition coefficient (Wildman–Crippen LogP) is 2.27. The molecule has 0 saturated heterocycles. The maximum absolute atomic E-state index is 5.58. The summed E-state index contributed by atoms with van der Waals surface area (Å²) in [6.45, 7) is 2.81. The smallest absolute Gasteiger partial charge is 0.0894 e. The molecule has 0 aliphatic carbocycles. The number of rotatable bonds is 3. The third-order valence-electron chi connectivity index (χ3n) is 1.17. The molecule has 1 aromatic heterocycles. The molecule has 11 heavy (non-hydrogen) atoms. The quantitative estimate of drug-likeness (QED) is 0.843. The molecule has 62 valence electrons. The number of anilines is 1. The second-order valence-corrected chi connectivity index (χ2v) is 4.31. The fraction of sp³-hybridized carbons (Fsp3) is 0.429. The van der Waals surface area contributed by atoms with E-state index in [9.17, 15) is 0 Å². The zero-order valence-electron chi connectivity index (χ0n) is 6.30. The Balaban J connectivity index is 2.39. The highest BCUT2D eigenvalue weighted by Crippen LogP contribution is 2.23. The van der Waals surface area contributed by atoms with Crippen LogP contribution < -0.4 is 11.1 Å². The molecule has 0 radical (unpaired) electrons. The topological polar surface area (TPSA) is 38.0 Å². The fourth-order valence-corrected chi connectivity index (χ4v) is 2.00. The zero-order chi connectivity index (χ0) is 8.27. The lowest BCUT2D eigenvalue weighted by Crippen LogP contribution is -2.24. The van der Waals surface area contributed by atoms with Gasteiger partial charge in [-0.15, -0.1) is 11.3 Å². The third kappa shape index (κ3) is 3.22. The lowest BCUT2D eigenvalue weighted by Gasteiger charge is -2.05. The van der Waals surface area contributed by atoms with Crippen molar-refractivity contribution in [1.29, 1.82) is 0 Å². The van der Waals surface area contributed by atoms with Gasteiger partial charge in [-0.3, -0.25) is 0 Å². The van der Waals surface area contributed by atoms with Crippen molar-refractivity contribution in [3.05, 3.63) is 15.9 Å². The van der Waals surface area contributed by atoms with E-state index >= 15 is 0 Å². The van der Waals surface area contributed by atoms with Crippen LogP contribution in [0.4, 0.5) is 5.00 Å². The average Bonchev–Trinajstić information content (AvgIpc) is 2.31. The molecule has 4 heteroatoms. The average molecular weight is 235 g/mol. The standard InChI is InChI=1S/C7H11BrN2S/c1-5(9)3-10-7-2-6(8)4-11-7/h2,4-5,10H,3,9H2,1H3. The van der Waals surface area contributed by atoms with Crippen molar-refractivity contribution in [3.8, 4) is 0 Å². The molecular formula is C7H11BrN2S. The maximum Gasteiger partial charge on any atom is 0.0894 e. The number of nitrogens with two attached hydrogens (primary N) is 1. The lowest BCUT2D eigenvalue weighted by molar-refractivity contribution is 0.781. The summed E-state index contributed by atoms with van der Waals surface area (Å²) in [6.07, 6.45) is 0. The highest BCUT2D eigenvalue weighted by atomic mass is 79.9. The van der Waals surface area contributed by atoms with Crippen LogP contribution in [-0.4, -0.2) is 12.6 Å². The predicted molar refractivity (Wildman–Crippen MR) is 54.2 cm³/mol. The summed E-state index contributed by atoms with van der Waals surface area (Å²) in [5.74, 6) is 0. The summed E-state index contributed by atoms with van der Waals surface area (Å²) in [5.41, 5.74) is 5.58. The molecule has 1 unspecified atom stereocenters. The van der Waals surface area contributed by atoms with E-state index in [4.69, 9.17) is 5.73 Å². The molecule has 1 aromatic rings. The summed E-state index contributed by atoms with van der Waals surface area (Å²) in [6, 6.07) is 2.25. The van der Waals surface area contributed by atoms with Crippen LogP contribution in [0.1, 0.15) is 6.92 Å². The van der Waals surface area contributed by atoms with Crippen LogP contribution in [0.25, 0.3) is 0 Å². The van der Waals surface area contributed by atoms with Crippen LogP contribution in [-0.2, 0) is 0 Å². The van der Waals surface area contributed by atoms with Gasteiger partial charge in [0, 0.05) is 22.4 Å². The minimum Gasteiger partial charge on any atom is -0.375 e. The van der Waals surface area contributed by atoms with Gasteiger partial charge in [-0.25, -0.2) is 0 Å². The molecule has 0 fully saturated rings. The zero-order valence-corrected chi connectivity index (χ0v) is 8.71. The van der Waals surface area contributed by atoms with Crippen molar-refractivity contribution in [1.82, 2.24) is 0 Å². The first-order valence-corrected chi connectivity index (χ1v) is 5.09. The van der Waals surface area contributed by atoms with Gasteiger partial charge in [0.05, 0.1) is 5.00 Å². The lowest BCUT2D eigenvalue weighted by atomic mass is 10.4. The minimum absolute atomic E-state index is 0.205. The first-order valence-electron chi connectivity index (χ1n) is 3.42. The number of hydrogen-bond acceptors (Lipinski definition) is 3.